The van der Waals surface area contributed by atoms with E-state index in [4.69, 9.17) is 0 Å². The van der Waals surface area contributed by atoms with E-state index in [2.05, 4.69) is 31.9 Å². The van der Waals surface area contributed by atoms with Gasteiger partial charge in [0.25, 0.3) is 5.91 Å². The zero-order valence-electron chi connectivity index (χ0n) is 16.8. The summed E-state index contributed by atoms with van der Waals surface area (Å²) in [4.78, 5) is 20.7. The number of nitrogens with zero attached hydrogens (tertiary/aromatic N) is 4. The van der Waals surface area contributed by atoms with Gasteiger partial charge in [-0.1, -0.05) is 12.2 Å². The number of hydrogen-bond donors (Lipinski definition) is 2. The number of allylic oxidation sites excluding steroid dienone is 4. The number of amides is 1. The van der Waals surface area contributed by atoms with Crippen molar-refractivity contribution in [3.8, 4) is 0 Å². The maximum Gasteiger partial charge on any atom is 0.254 e. The van der Waals surface area contributed by atoms with Crippen molar-refractivity contribution in [3.63, 3.8) is 0 Å². The van der Waals surface area contributed by atoms with Crippen LogP contribution in [0.25, 0.3) is 0 Å². The monoisotopic (exact) mass is 395 g/mol. The van der Waals surface area contributed by atoms with Crippen LogP contribution < -0.4 is 5.43 Å². The first kappa shape index (κ1) is 21.0. The van der Waals surface area contributed by atoms with Gasteiger partial charge in [-0.25, -0.2) is 5.43 Å². The van der Waals surface area contributed by atoms with E-state index in [9.17, 15) is 9.90 Å². The van der Waals surface area contributed by atoms with Gasteiger partial charge in [-0.15, -0.1) is 6.58 Å². The molecule has 1 fully saturated rings. The number of carbonyl (C=O) groups is 1. The zero-order chi connectivity index (χ0) is 20.5. The summed E-state index contributed by atoms with van der Waals surface area (Å²) >= 11 is 0. The molecule has 0 unspecified atom stereocenters. The van der Waals surface area contributed by atoms with Crippen molar-refractivity contribution in [2.24, 2.45) is 5.10 Å². The SMILES string of the molecule is C=CCC1=C(O)C(/C=N/NC(=O)CN2CCN(Cc3ccncc3)CC2)=CCC1. The van der Waals surface area contributed by atoms with Gasteiger partial charge in [-0.2, -0.15) is 5.10 Å². The first-order chi connectivity index (χ1) is 14.2. The number of rotatable bonds is 8. The number of pyridine rings is 1. The van der Waals surface area contributed by atoms with Gasteiger partial charge in [0.05, 0.1) is 12.8 Å². The summed E-state index contributed by atoms with van der Waals surface area (Å²) in [5.74, 6) is 0.106. The van der Waals surface area contributed by atoms with E-state index >= 15 is 0 Å². The molecule has 0 atom stereocenters. The first-order valence-electron chi connectivity index (χ1n) is 10.0. The summed E-state index contributed by atoms with van der Waals surface area (Å²) in [6.07, 6.45) is 11.2. The summed E-state index contributed by atoms with van der Waals surface area (Å²) in [7, 11) is 0. The lowest BCUT2D eigenvalue weighted by Crippen LogP contribution is -2.48. The van der Waals surface area contributed by atoms with E-state index in [0.717, 1.165) is 51.1 Å². The molecule has 0 aromatic carbocycles. The zero-order valence-corrected chi connectivity index (χ0v) is 16.8. The van der Waals surface area contributed by atoms with Gasteiger partial charge in [0, 0.05) is 50.7 Å². The average molecular weight is 396 g/mol. The average Bonchev–Trinajstić information content (AvgIpc) is 2.73. The molecular formula is C22H29N5O2. The van der Waals surface area contributed by atoms with Crippen LogP contribution in [0, 0.1) is 0 Å². The minimum atomic E-state index is -0.143. The first-order valence-corrected chi connectivity index (χ1v) is 10.0. The van der Waals surface area contributed by atoms with Crippen LogP contribution in [-0.2, 0) is 11.3 Å². The van der Waals surface area contributed by atoms with Crippen LogP contribution in [0.1, 0.15) is 24.8 Å². The normalized spacial score (nSPS) is 18.7. The van der Waals surface area contributed by atoms with Crippen molar-refractivity contribution in [1.29, 1.82) is 0 Å². The van der Waals surface area contributed by atoms with E-state index in [1.807, 2.05) is 30.6 Å². The van der Waals surface area contributed by atoms with Crippen molar-refractivity contribution < 1.29 is 9.90 Å². The number of piperazine rings is 1. The molecule has 0 spiro atoms. The molecule has 1 saturated heterocycles. The molecule has 2 N–H and O–H groups in total. The Balaban J connectivity index is 1.40. The number of carbonyl (C=O) groups excluding carboxylic acids is 1. The van der Waals surface area contributed by atoms with Crippen molar-refractivity contribution >= 4 is 12.1 Å². The Hall–Kier alpha value is -2.77. The quantitative estimate of drug-likeness (QED) is 0.401. The van der Waals surface area contributed by atoms with Gasteiger partial charge in [0.1, 0.15) is 5.76 Å². The highest BCUT2D eigenvalue weighted by Crippen LogP contribution is 2.24. The van der Waals surface area contributed by atoms with Crippen LogP contribution >= 0.6 is 0 Å². The highest BCUT2D eigenvalue weighted by atomic mass is 16.3. The summed E-state index contributed by atoms with van der Waals surface area (Å²) < 4.78 is 0. The number of hydrazone groups is 1. The fraction of sp³-hybridized carbons (Fsp3) is 0.409. The highest BCUT2D eigenvalue weighted by molar-refractivity contribution is 5.86. The van der Waals surface area contributed by atoms with Gasteiger partial charge in [0.15, 0.2) is 0 Å². The molecule has 2 aliphatic rings. The molecule has 2 heterocycles. The molecule has 7 heteroatoms. The fourth-order valence-corrected chi connectivity index (χ4v) is 3.57. The van der Waals surface area contributed by atoms with E-state index in [1.54, 1.807) is 6.08 Å². The third-order valence-electron chi connectivity index (χ3n) is 5.19. The van der Waals surface area contributed by atoms with Gasteiger partial charge in [-0.05, 0) is 42.5 Å². The summed E-state index contributed by atoms with van der Waals surface area (Å²) in [6, 6.07) is 4.07. The molecule has 29 heavy (non-hydrogen) atoms. The molecular weight excluding hydrogens is 366 g/mol. The molecule has 1 aliphatic heterocycles. The Morgan fingerprint density at radius 3 is 2.69 bits per heavy atom. The third kappa shape index (κ3) is 6.37. The third-order valence-corrected chi connectivity index (χ3v) is 5.19. The highest BCUT2D eigenvalue weighted by Gasteiger charge is 2.19. The molecule has 3 rings (SSSR count). The second kappa shape index (κ2) is 10.7. The van der Waals surface area contributed by atoms with Crippen LogP contribution in [0.15, 0.2) is 65.3 Å². The van der Waals surface area contributed by atoms with Gasteiger partial charge in [0.2, 0.25) is 0 Å². The van der Waals surface area contributed by atoms with Crippen LogP contribution in [0.4, 0.5) is 0 Å². The molecule has 0 bridgehead atoms. The molecule has 154 valence electrons. The maximum atomic E-state index is 12.2. The predicted molar refractivity (Wildman–Crippen MR) is 114 cm³/mol. The molecule has 1 amide bonds. The smallest absolute Gasteiger partial charge is 0.254 e. The number of nitrogens with one attached hydrogen (secondary N) is 1. The number of aliphatic hydroxyl groups excluding tert-OH is 1. The second-order valence-electron chi connectivity index (χ2n) is 7.34. The molecule has 1 aliphatic carbocycles. The minimum Gasteiger partial charge on any atom is -0.507 e. The Bertz CT molecular complexity index is 793. The second-order valence-corrected chi connectivity index (χ2v) is 7.34. The van der Waals surface area contributed by atoms with Crippen molar-refractivity contribution in [2.75, 3.05) is 32.7 Å². The van der Waals surface area contributed by atoms with Crippen molar-refractivity contribution in [1.82, 2.24) is 20.2 Å². The minimum absolute atomic E-state index is 0.143. The van der Waals surface area contributed by atoms with Crippen LogP contribution in [-0.4, -0.2) is 64.7 Å². The Kier molecular flexibility index (Phi) is 7.72. The molecule has 0 radical (unpaired) electrons. The van der Waals surface area contributed by atoms with Crippen LogP contribution in [0.2, 0.25) is 0 Å². The predicted octanol–water partition coefficient (Wildman–Crippen LogP) is 2.41. The lowest BCUT2D eigenvalue weighted by Gasteiger charge is -2.34. The summed E-state index contributed by atoms with van der Waals surface area (Å²) in [5, 5.41) is 14.3. The van der Waals surface area contributed by atoms with E-state index in [0.29, 0.717) is 18.5 Å². The van der Waals surface area contributed by atoms with Crippen molar-refractivity contribution in [2.45, 2.75) is 25.8 Å². The van der Waals surface area contributed by atoms with Gasteiger partial charge < -0.3 is 5.11 Å². The number of aliphatic hydroxyl groups is 1. The Labute approximate surface area is 172 Å². The molecule has 7 nitrogen and oxygen atoms in total. The summed E-state index contributed by atoms with van der Waals surface area (Å²) in [6.45, 7) is 8.50. The van der Waals surface area contributed by atoms with Gasteiger partial charge in [-0.3, -0.25) is 19.6 Å². The maximum absolute atomic E-state index is 12.2. The lowest BCUT2D eigenvalue weighted by atomic mass is 9.96. The van der Waals surface area contributed by atoms with Gasteiger partial charge >= 0.3 is 0 Å². The largest absolute Gasteiger partial charge is 0.507 e. The van der Waals surface area contributed by atoms with Crippen molar-refractivity contribution in [3.05, 3.63) is 65.7 Å². The van der Waals surface area contributed by atoms with E-state index < -0.39 is 0 Å². The summed E-state index contributed by atoms with van der Waals surface area (Å²) in [5.41, 5.74) is 5.43. The lowest BCUT2D eigenvalue weighted by molar-refractivity contribution is -0.122. The Morgan fingerprint density at radius 1 is 1.24 bits per heavy atom. The standard InChI is InChI=1S/C22H29N5O2/c1-2-4-19-5-3-6-20(22(19)29)15-24-25-21(28)17-27-13-11-26(12-14-27)16-18-7-9-23-10-8-18/h2,6-10,15,29H,1,3-5,11-14,16-17H2,(H,25,28)/b24-15+. The van der Waals surface area contributed by atoms with E-state index in [-0.39, 0.29) is 11.7 Å². The number of hydrogen-bond acceptors (Lipinski definition) is 6. The fourth-order valence-electron chi connectivity index (χ4n) is 3.57. The Morgan fingerprint density at radius 2 is 1.97 bits per heavy atom. The number of aromatic nitrogens is 1. The molecule has 1 aromatic rings. The van der Waals surface area contributed by atoms with E-state index in [1.165, 1.54) is 11.8 Å². The molecule has 1 aromatic heterocycles. The molecule has 0 saturated carbocycles. The van der Waals surface area contributed by atoms with Crippen LogP contribution in [0.3, 0.4) is 0 Å². The topological polar surface area (TPSA) is 81.1 Å². The van der Waals surface area contributed by atoms with Crippen LogP contribution in [0.5, 0.6) is 0 Å².